The third-order valence-corrected chi connectivity index (χ3v) is 7.65. The highest BCUT2D eigenvalue weighted by Crippen LogP contribution is 2.50. The summed E-state index contributed by atoms with van der Waals surface area (Å²) in [5, 5.41) is 19.7. The fourth-order valence-corrected chi connectivity index (χ4v) is 5.71. The lowest BCUT2D eigenvalue weighted by atomic mass is 9.83. The second-order valence-electron chi connectivity index (χ2n) is 9.90. The molecule has 5 aromatic carbocycles. The zero-order valence-electron chi connectivity index (χ0n) is 21.4. The fourth-order valence-electron chi connectivity index (χ4n) is 5.71. The Balaban J connectivity index is 1.38. The van der Waals surface area contributed by atoms with Gasteiger partial charge in [-0.1, -0.05) is 72.8 Å². The van der Waals surface area contributed by atoms with E-state index in [1.165, 1.54) is 0 Å². The van der Waals surface area contributed by atoms with E-state index in [-0.39, 0.29) is 11.7 Å². The lowest BCUT2D eigenvalue weighted by molar-refractivity contribution is 0.414. The second kappa shape index (κ2) is 8.54. The van der Waals surface area contributed by atoms with Crippen LogP contribution in [-0.2, 0) is 0 Å². The highest BCUT2D eigenvalue weighted by molar-refractivity contribution is 5.92. The number of phenolic OH excluding ortho intramolecular Hbond substituents is 1. The Morgan fingerprint density at radius 3 is 2.40 bits per heavy atom. The van der Waals surface area contributed by atoms with Gasteiger partial charge in [0.1, 0.15) is 23.6 Å². The monoisotopic (exact) mass is 522 g/mol. The first-order valence-corrected chi connectivity index (χ1v) is 13.0. The van der Waals surface area contributed by atoms with Gasteiger partial charge in [0.05, 0.1) is 18.2 Å². The Morgan fingerprint density at radius 1 is 0.850 bits per heavy atom. The minimum Gasteiger partial charge on any atom is -0.507 e. The topological polar surface area (TPSA) is 81.8 Å². The maximum Gasteiger partial charge on any atom is 0.228 e. The van der Waals surface area contributed by atoms with E-state index in [0.717, 1.165) is 49.7 Å². The third-order valence-electron chi connectivity index (χ3n) is 7.65. The number of methoxy groups -OCH3 is 1. The molecule has 0 saturated heterocycles. The predicted octanol–water partition coefficient (Wildman–Crippen LogP) is 7.10. The van der Waals surface area contributed by atoms with Gasteiger partial charge in [0.15, 0.2) is 11.5 Å². The maximum absolute atomic E-state index is 10.9. The molecular weight excluding hydrogens is 500 g/mol. The molecule has 1 N–H and O–H groups in total. The van der Waals surface area contributed by atoms with Crippen LogP contribution in [0.4, 0.5) is 0 Å². The number of rotatable bonds is 3. The van der Waals surface area contributed by atoms with Gasteiger partial charge in [-0.3, -0.25) is 0 Å². The molecule has 2 aromatic heterocycles. The molecule has 7 heteroatoms. The molecule has 1 aliphatic heterocycles. The van der Waals surface area contributed by atoms with Crippen molar-refractivity contribution in [1.82, 2.24) is 19.6 Å². The van der Waals surface area contributed by atoms with Crippen LogP contribution in [-0.4, -0.2) is 31.8 Å². The van der Waals surface area contributed by atoms with Crippen LogP contribution < -0.4 is 9.47 Å². The summed E-state index contributed by atoms with van der Waals surface area (Å²) in [6, 6.07) is 32.0. The molecule has 0 unspecified atom stereocenters. The molecule has 0 radical (unpaired) electrons. The Morgan fingerprint density at radius 2 is 1.60 bits per heavy atom. The van der Waals surface area contributed by atoms with Crippen LogP contribution in [0, 0.1) is 0 Å². The van der Waals surface area contributed by atoms with Gasteiger partial charge in [-0.05, 0) is 46.0 Å². The molecule has 0 saturated carbocycles. The Labute approximate surface area is 228 Å². The molecule has 7 aromatic rings. The number of fused-ring (bicyclic) bond motifs is 7. The highest BCUT2D eigenvalue weighted by Gasteiger charge is 2.34. The van der Waals surface area contributed by atoms with Gasteiger partial charge in [0.25, 0.3) is 0 Å². The van der Waals surface area contributed by atoms with E-state index in [1.54, 1.807) is 24.0 Å². The average molecular weight is 523 g/mol. The number of aromatic hydroxyl groups is 1. The van der Waals surface area contributed by atoms with E-state index in [9.17, 15) is 5.11 Å². The second-order valence-corrected chi connectivity index (χ2v) is 9.90. The molecule has 0 spiro atoms. The van der Waals surface area contributed by atoms with E-state index < -0.39 is 0 Å². The van der Waals surface area contributed by atoms with Gasteiger partial charge in [0, 0.05) is 16.9 Å². The molecular formula is C33H22N4O3. The number of hydrogen-bond acceptors (Lipinski definition) is 6. The van der Waals surface area contributed by atoms with Crippen molar-refractivity contribution >= 4 is 27.2 Å². The lowest BCUT2D eigenvalue weighted by Gasteiger charge is -2.28. The quantitative estimate of drug-likeness (QED) is 0.267. The van der Waals surface area contributed by atoms with E-state index in [1.807, 2.05) is 54.6 Å². The largest absolute Gasteiger partial charge is 0.507 e. The summed E-state index contributed by atoms with van der Waals surface area (Å²) in [4.78, 5) is 9.65. The standard InChI is InChI=1S/C33H22N4O3/c1-39-23-13-10-20(11-14-23)28-25-15-12-19-6-4-5-9-24(19)30(25)40-33-29(28)32-35-31(36-37(32)18-34-33)26-16-21-7-2-3-8-22(21)17-27(26)38/h2-18,28,38H,1H3/t28-/m0/s1. The van der Waals surface area contributed by atoms with Gasteiger partial charge in [-0.15, -0.1) is 5.10 Å². The molecule has 0 fully saturated rings. The van der Waals surface area contributed by atoms with Crippen LogP contribution in [0.1, 0.15) is 22.6 Å². The van der Waals surface area contributed by atoms with Crippen molar-refractivity contribution in [1.29, 1.82) is 0 Å². The SMILES string of the molecule is COc1ccc([C@H]2c3ccc4ccccc4c3Oc3ncn4nc(-c5cc6ccccc6cc5O)nc4c32)cc1. The minimum atomic E-state index is -0.215. The van der Waals surface area contributed by atoms with E-state index in [2.05, 4.69) is 36.4 Å². The van der Waals surface area contributed by atoms with Gasteiger partial charge in [-0.25, -0.2) is 14.5 Å². The third kappa shape index (κ3) is 3.34. The summed E-state index contributed by atoms with van der Waals surface area (Å²) in [6.07, 6.45) is 1.62. The molecule has 7 nitrogen and oxygen atoms in total. The predicted molar refractivity (Wildman–Crippen MR) is 153 cm³/mol. The summed E-state index contributed by atoms with van der Waals surface area (Å²) >= 11 is 0. The molecule has 8 rings (SSSR count). The number of phenols is 1. The molecule has 3 heterocycles. The van der Waals surface area contributed by atoms with Gasteiger partial charge >= 0.3 is 0 Å². The maximum atomic E-state index is 10.9. The Kier molecular flexibility index (Phi) is 4.81. The zero-order valence-corrected chi connectivity index (χ0v) is 21.4. The normalized spacial score (nSPS) is 14.2. The number of ether oxygens (including phenoxy) is 2. The summed E-state index contributed by atoms with van der Waals surface area (Å²) in [5.41, 5.74) is 4.06. The van der Waals surface area contributed by atoms with Crippen LogP contribution in [0.15, 0.2) is 103 Å². The van der Waals surface area contributed by atoms with Gasteiger partial charge < -0.3 is 14.6 Å². The first-order valence-electron chi connectivity index (χ1n) is 13.0. The van der Waals surface area contributed by atoms with Crippen molar-refractivity contribution in [2.75, 3.05) is 7.11 Å². The lowest BCUT2D eigenvalue weighted by Crippen LogP contribution is -2.15. The summed E-state index contributed by atoms with van der Waals surface area (Å²) in [6.45, 7) is 0. The number of nitrogens with zero attached hydrogens (tertiary/aromatic N) is 4. The van der Waals surface area contributed by atoms with Gasteiger partial charge in [-0.2, -0.15) is 0 Å². The molecule has 40 heavy (non-hydrogen) atoms. The van der Waals surface area contributed by atoms with Crippen molar-refractivity contribution in [2.24, 2.45) is 0 Å². The average Bonchev–Trinajstić information content (AvgIpc) is 3.44. The smallest absolute Gasteiger partial charge is 0.228 e. The van der Waals surface area contributed by atoms with E-state index >= 15 is 0 Å². The minimum absolute atomic E-state index is 0.121. The fraction of sp³-hybridized carbons (Fsp3) is 0.0606. The molecule has 192 valence electrons. The molecule has 1 atom stereocenters. The van der Waals surface area contributed by atoms with Crippen molar-refractivity contribution < 1.29 is 14.6 Å². The molecule has 1 aliphatic rings. The Hall–Kier alpha value is -5.43. The van der Waals surface area contributed by atoms with Crippen molar-refractivity contribution in [3.05, 3.63) is 120 Å². The number of benzene rings is 5. The zero-order chi connectivity index (χ0) is 26.8. The highest BCUT2D eigenvalue weighted by atomic mass is 16.5. The van der Waals surface area contributed by atoms with Crippen molar-refractivity contribution in [2.45, 2.75) is 5.92 Å². The molecule has 0 amide bonds. The van der Waals surface area contributed by atoms with Crippen LogP contribution in [0.3, 0.4) is 0 Å². The summed E-state index contributed by atoms with van der Waals surface area (Å²) < 4.78 is 13.6. The van der Waals surface area contributed by atoms with Crippen LogP contribution >= 0.6 is 0 Å². The number of aromatic nitrogens is 4. The van der Waals surface area contributed by atoms with Crippen LogP contribution in [0.2, 0.25) is 0 Å². The Bertz CT molecular complexity index is 2100. The molecule has 0 bridgehead atoms. The number of hydrogen-bond donors (Lipinski definition) is 1. The molecule has 0 aliphatic carbocycles. The van der Waals surface area contributed by atoms with Gasteiger partial charge in [0.2, 0.25) is 5.88 Å². The first-order chi connectivity index (χ1) is 19.7. The van der Waals surface area contributed by atoms with E-state index in [0.29, 0.717) is 22.9 Å². The summed E-state index contributed by atoms with van der Waals surface area (Å²) in [5.74, 6) is 2.37. The first kappa shape index (κ1) is 22.5. The van der Waals surface area contributed by atoms with E-state index in [4.69, 9.17) is 24.5 Å². The van der Waals surface area contributed by atoms with Crippen molar-refractivity contribution in [3.8, 4) is 34.5 Å². The van der Waals surface area contributed by atoms with Crippen LogP contribution in [0.5, 0.6) is 23.1 Å². The van der Waals surface area contributed by atoms with Crippen molar-refractivity contribution in [3.63, 3.8) is 0 Å². The summed E-state index contributed by atoms with van der Waals surface area (Å²) in [7, 11) is 1.66. The van der Waals surface area contributed by atoms with Crippen LogP contribution in [0.25, 0.3) is 38.6 Å².